The first-order valence-corrected chi connectivity index (χ1v) is 6.91. The Labute approximate surface area is 136 Å². The second kappa shape index (κ2) is 7.42. The van der Waals surface area contributed by atoms with Crippen LogP contribution < -0.4 is 11.1 Å². The Morgan fingerprint density at radius 1 is 1.32 bits per heavy atom. The molecule has 0 fully saturated rings. The summed E-state index contributed by atoms with van der Waals surface area (Å²) in [5, 5.41) is 2.78. The van der Waals surface area contributed by atoms with Crippen LogP contribution in [0.5, 0.6) is 0 Å². The van der Waals surface area contributed by atoms with Gasteiger partial charge in [-0.05, 0) is 17.5 Å². The molecular weight excluding hydrogens is 302 g/mol. The molecule has 120 valence electrons. The van der Waals surface area contributed by atoms with Crippen molar-refractivity contribution in [3.63, 3.8) is 0 Å². The molecule has 6 heteroatoms. The highest BCUT2D eigenvalue weighted by Crippen LogP contribution is 2.19. The molecule has 1 aromatic heterocycles. The lowest BCUT2D eigenvalue weighted by molar-refractivity contribution is -0.124. The molecule has 0 aliphatic carbocycles. The number of nitrogens with zero attached hydrogens (tertiary/aromatic N) is 1. The summed E-state index contributed by atoms with van der Waals surface area (Å²) >= 11 is 0. The third kappa shape index (κ3) is 4.58. The molecule has 0 spiro atoms. The average Bonchev–Trinajstić information content (AvgIpc) is 2.93. The molecule has 5 nitrogen and oxygen atoms in total. The smallest absolute Gasteiger partial charge is 0.237 e. The summed E-state index contributed by atoms with van der Waals surface area (Å²) in [6, 6.07) is 9.06. The number of nitrogens with one attached hydrogen (secondary N) is 1. The molecule has 0 radical (unpaired) electrons. The quantitative estimate of drug-likeness (QED) is 0.906. The Balaban J connectivity index is 0.00000242. The van der Waals surface area contributed by atoms with Gasteiger partial charge >= 0.3 is 0 Å². The van der Waals surface area contributed by atoms with Crippen molar-refractivity contribution in [1.29, 1.82) is 0 Å². The van der Waals surface area contributed by atoms with Crippen LogP contribution in [0, 0.1) is 5.41 Å². The van der Waals surface area contributed by atoms with Gasteiger partial charge in [-0.1, -0.05) is 39.0 Å². The van der Waals surface area contributed by atoms with Crippen molar-refractivity contribution in [3.8, 4) is 11.5 Å². The van der Waals surface area contributed by atoms with Crippen LogP contribution in [0.2, 0.25) is 0 Å². The SMILES string of the molecule is CC(C)(C)[C@H](N)C(=O)NCc1coc(-c2ccccc2)n1.Cl. The van der Waals surface area contributed by atoms with Crippen LogP contribution in [0.15, 0.2) is 41.0 Å². The van der Waals surface area contributed by atoms with Crippen LogP contribution in [0.1, 0.15) is 26.5 Å². The Morgan fingerprint density at radius 3 is 2.55 bits per heavy atom. The van der Waals surface area contributed by atoms with Crippen molar-refractivity contribution in [3.05, 3.63) is 42.3 Å². The van der Waals surface area contributed by atoms with Crippen molar-refractivity contribution in [2.24, 2.45) is 11.1 Å². The van der Waals surface area contributed by atoms with E-state index in [1.165, 1.54) is 0 Å². The van der Waals surface area contributed by atoms with E-state index in [0.717, 1.165) is 5.56 Å². The number of aromatic nitrogens is 1. The molecule has 3 N–H and O–H groups in total. The van der Waals surface area contributed by atoms with Gasteiger partial charge in [-0.25, -0.2) is 4.98 Å². The Morgan fingerprint density at radius 2 is 1.95 bits per heavy atom. The highest BCUT2D eigenvalue weighted by molar-refractivity contribution is 5.85. The van der Waals surface area contributed by atoms with Gasteiger partial charge in [0.15, 0.2) is 0 Å². The summed E-state index contributed by atoms with van der Waals surface area (Å²) in [5.74, 6) is 0.353. The lowest BCUT2D eigenvalue weighted by atomic mass is 9.87. The molecule has 0 aliphatic rings. The highest BCUT2D eigenvalue weighted by atomic mass is 35.5. The maximum atomic E-state index is 11.9. The van der Waals surface area contributed by atoms with E-state index in [0.29, 0.717) is 18.1 Å². The predicted octanol–water partition coefficient (Wildman–Crippen LogP) is 2.75. The number of hydrogen-bond acceptors (Lipinski definition) is 4. The second-order valence-electron chi connectivity index (χ2n) is 6.07. The van der Waals surface area contributed by atoms with Crippen LogP contribution >= 0.6 is 12.4 Å². The minimum Gasteiger partial charge on any atom is -0.444 e. The Kier molecular flexibility index (Phi) is 6.14. The molecule has 0 unspecified atom stereocenters. The van der Waals surface area contributed by atoms with Crippen LogP contribution in [0.4, 0.5) is 0 Å². The molecule has 1 heterocycles. The van der Waals surface area contributed by atoms with E-state index in [2.05, 4.69) is 10.3 Å². The fourth-order valence-corrected chi connectivity index (χ4v) is 1.78. The lowest BCUT2D eigenvalue weighted by Crippen LogP contribution is -2.48. The fourth-order valence-electron chi connectivity index (χ4n) is 1.78. The molecule has 22 heavy (non-hydrogen) atoms. The number of amides is 1. The van der Waals surface area contributed by atoms with Gasteiger partial charge in [-0.2, -0.15) is 0 Å². The van der Waals surface area contributed by atoms with Gasteiger partial charge in [0.25, 0.3) is 0 Å². The monoisotopic (exact) mass is 323 g/mol. The first kappa shape index (κ1) is 18.2. The number of oxazole rings is 1. The zero-order valence-electron chi connectivity index (χ0n) is 13.0. The van der Waals surface area contributed by atoms with Crippen molar-refractivity contribution in [2.75, 3.05) is 0 Å². The number of halogens is 1. The average molecular weight is 324 g/mol. The second-order valence-corrected chi connectivity index (χ2v) is 6.07. The highest BCUT2D eigenvalue weighted by Gasteiger charge is 2.27. The first-order valence-electron chi connectivity index (χ1n) is 6.91. The zero-order chi connectivity index (χ0) is 15.5. The van der Waals surface area contributed by atoms with Crippen LogP contribution in [-0.4, -0.2) is 16.9 Å². The van der Waals surface area contributed by atoms with Gasteiger partial charge < -0.3 is 15.5 Å². The van der Waals surface area contributed by atoms with E-state index in [9.17, 15) is 4.79 Å². The van der Waals surface area contributed by atoms with Crippen molar-refractivity contribution < 1.29 is 9.21 Å². The normalized spacial score (nSPS) is 12.4. The van der Waals surface area contributed by atoms with Gasteiger partial charge in [0.05, 0.1) is 18.3 Å². The number of hydrogen-bond donors (Lipinski definition) is 2. The standard InChI is InChI=1S/C16H21N3O2.ClH/c1-16(2,3)13(17)14(20)18-9-12-10-21-15(19-12)11-7-5-4-6-8-11;/h4-8,10,13H,9,17H2,1-3H3,(H,18,20);1H/t13-;/m1./s1. The van der Waals surface area contributed by atoms with Crippen LogP contribution in [0.3, 0.4) is 0 Å². The third-order valence-electron chi connectivity index (χ3n) is 3.23. The van der Waals surface area contributed by atoms with E-state index in [-0.39, 0.29) is 23.7 Å². The molecule has 0 saturated heterocycles. The number of benzene rings is 1. The topological polar surface area (TPSA) is 81.2 Å². The summed E-state index contributed by atoms with van der Waals surface area (Å²) in [5.41, 5.74) is 7.20. The molecule has 1 aromatic carbocycles. The van der Waals surface area contributed by atoms with Crippen molar-refractivity contribution in [2.45, 2.75) is 33.4 Å². The van der Waals surface area contributed by atoms with E-state index in [1.54, 1.807) is 6.26 Å². The molecule has 1 atom stereocenters. The zero-order valence-corrected chi connectivity index (χ0v) is 13.8. The summed E-state index contributed by atoms with van der Waals surface area (Å²) in [6.07, 6.45) is 1.55. The number of carbonyl (C=O) groups is 1. The number of carbonyl (C=O) groups excluding carboxylic acids is 1. The molecule has 2 aromatic rings. The number of nitrogens with two attached hydrogens (primary N) is 1. The molecular formula is C16H22ClN3O2. The van der Waals surface area contributed by atoms with Crippen LogP contribution in [-0.2, 0) is 11.3 Å². The molecule has 0 saturated carbocycles. The first-order chi connectivity index (χ1) is 9.88. The van der Waals surface area contributed by atoms with Crippen molar-refractivity contribution >= 4 is 18.3 Å². The van der Waals surface area contributed by atoms with Gasteiger partial charge in [-0.3, -0.25) is 4.79 Å². The van der Waals surface area contributed by atoms with E-state index < -0.39 is 6.04 Å². The van der Waals surface area contributed by atoms with Crippen molar-refractivity contribution in [1.82, 2.24) is 10.3 Å². The lowest BCUT2D eigenvalue weighted by Gasteiger charge is -2.25. The maximum absolute atomic E-state index is 11.9. The largest absolute Gasteiger partial charge is 0.444 e. The fraction of sp³-hybridized carbons (Fsp3) is 0.375. The summed E-state index contributed by atoms with van der Waals surface area (Å²) in [7, 11) is 0. The molecule has 1 amide bonds. The minimum atomic E-state index is -0.557. The minimum absolute atomic E-state index is 0. The number of rotatable bonds is 4. The summed E-state index contributed by atoms with van der Waals surface area (Å²) < 4.78 is 5.42. The van der Waals surface area contributed by atoms with Crippen LogP contribution in [0.25, 0.3) is 11.5 Å². The Hall–Kier alpha value is -1.85. The van der Waals surface area contributed by atoms with E-state index in [4.69, 9.17) is 10.2 Å². The predicted molar refractivity (Wildman–Crippen MR) is 88.5 cm³/mol. The van der Waals surface area contributed by atoms with E-state index in [1.807, 2.05) is 51.1 Å². The third-order valence-corrected chi connectivity index (χ3v) is 3.23. The summed E-state index contributed by atoms with van der Waals surface area (Å²) in [6.45, 7) is 6.10. The Bertz CT molecular complexity index is 605. The molecule has 0 bridgehead atoms. The maximum Gasteiger partial charge on any atom is 0.237 e. The van der Waals surface area contributed by atoms with Gasteiger partial charge in [0, 0.05) is 5.56 Å². The van der Waals surface area contributed by atoms with Gasteiger partial charge in [-0.15, -0.1) is 12.4 Å². The van der Waals surface area contributed by atoms with E-state index >= 15 is 0 Å². The molecule has 0 aliphatic heterocycles. The summed E-state index contributed by atoms with van der Waals surface area (Å²) in [4.78, 5) is 16.3. The van der Waals surface area contributed by atoms with Gasteiger partial charge in [0.1, 0.15) is 6.26 Å². The van der Waals surface area contributed by atoms with Gasteiger partial charge in [0.2, 0.25) is 11.8 Å². The molecule has 2 rings (SSSR count).